The molecule has 1 aliphatic rings. The van der Waals surface area contributed by atoms with Gasteiger partial charge in [-0.05, 0) is 38.8 Å². The summed E-state index contributed by atoms with van der Waals surface area (Å²) in [4.78, 5) is 13.4. The molecule has 1 saturated heterocycles. The minimum atomic E-state index is -0.774. The number of carbonyl (C=O) groups is 1. The first kappa shape index (κ1) is 13.9. The number of hydrogen-bond acceptors (Lipinski definition) is 3. The second kappa shape index (κ2) is 5.21. The number of carboxylic acid groups (broad SMARTS) is 1. The van der Waals surface area contributed by atoms with Crippen LogP contribution in [0.2, 0.25) is 0 Å². The van der Waals surface area contributed by atoms with E-state index in [1.165, 1.54) is 0 Å². The smallest absolute Gasteiger partial charge is 0.321 e. The van der Waals surface area contributed by atoms with Gasteiger partial charge in [0.05, 0.1) is 0 Å². The Morgan fingerprint density at radius 2 is 2.16 bits per heavy atom. The van der Waals surface area contributed by atoms with Crippen molar-refractivity contribution in [2.24, 2.45) is 5.92 Å². The van der Waals surface area contributed by atoms with Gasteiger partial charge in [-0.3, -0.25) is 9.69 Å². The monoisotopic (exact) mass is 263 g/mol. The lowest BCUT2D eigenvalue weighted by atomic mass is 10.00. The molecule has 3 unspecified atom stereocenters. The fraction of sp³-hybridized carbons (Fsp3) is 0.533. The van der Waals surface area contributed by atoms with Crippen molar-refractivity contribution >= 4 is 5.97 Å². The average Bonchev–Trinajstić information content (AvgIpc) is 2.73. The summed E-state index contributed by atoms with van der Waals surface area (Å²) >= 11 is 0. The summed E-state index contributed by atoms with van der Waals surface area (Å²) in [5.41, 5.74) is 1.87. The summed E-state index contributed by atoms with van der Waals surface area (Å²) in [5.74, 6) is -0.391. The Balaban J connectivity index is 2.30. The van der Waals surface area contributed by atoms with E-state index in [2.05, 4.69) is 0 Å². The molecule has 2 rings (SSSR count). The third-order valence-corrected chi connectivity index (χ3v) is 4.12. The predicted molar refractivity (Wildman–Crippen MR) is 73.2 cm³/mol. The van der Waals surface area contributed by atoms with Crippen LogP contribution in [0.1, 0.15) is 37.4 Å². The third-order valence-electron chi connectivity index (χ3n) is 4.12. The molecule has 104 valence electrons. The van der Waals surface area contributed by atoms with Crippen LogP contribution in [0.15, 0.2) is 18.2 Å². The quantitative estimate of drug-likeness (QED) is 0.880. The predicted octanol–water partition coefficient (Wildman–Crippen LogP) is 2.56. The molecule has 0 spiro atoms. The Bertz CT molecular complexity index is 486. The van der Waals surface area contributed by atoms with Crippen LogP contribution in [0.5, 0.6) is 5.75 Å². The van der Waals surface area contributed by atoms with Gasteiger partial charge in [0.25, 0.3) is 0 Å². The normalized spacial score (nSPS) is 25.4. The fourth-order valence-electron chi connectivity index (χ4n) is 2.98. The molecule has 3 atom stereocenters. The zero-order valence-corrected chi connectivity index (χ0v) is 11.6. The molecule has 1 heterocycles. The third kappa shape index (κ3) is 2.59. The molecule has 0 aromatic heterocycles. The molecule has 1 aliphatic heterocycles. The number of nitrogens with zero attached hydrogens (tertiary/aromatic N) is 1. The lowest BCUT2D eigenvalue weighted by Gasteiger charge is -2.30. The van der Waals surface area contributed by atoms with Crippen molar-refractivity contribution in [3.8, 4) is 5.75 Å². The van der Waals surface area contributed by atoms with Gasteiger partial charge in [-0.25, -0.2) is 0 Å². The van der Waals surface area contributed by atoms with E-state index >= 15 is 0 Å². The van der Waals surface area contributed by atoms with Crippen molar-refractivity contribution in [3.63, 3.8) is 0 Å². The molecule has 1 aromatic carbocycles. The van der Waals surface area contributed by atoms with Crippen LogP contribution in [-0.4, -0.2) is 33.7 Å². The van der Waals surface area contributed by atoms with Crippen LogP contribution in [-0.2, 0) is 4.79 Å². The van der Waals surface area contributed by atoms with Crippen LogP contribution in [0.3, 0.4) is 0 Å². The first-order valence-electron chi connectivity index (χ1n) is 6.70. The van der Waals surface area contributed by atoms with Crippen LogP contribution < -0.4 is 0 Å². The molecule has 1 aromatic rings. The Labute approximate surface area is 113 Å². The van der Waals surface area contributed by atoms with E-state index in [1.807, 2.05) is 37.8 Å². The van der Waals surface area contributed by atoms with Crippen LogP contribution in [0.25, 0.3) is 0 Å². The Kier molecular flexibility index (Phi) is 3.80. The minimum absolute atomic E-state index is 0.0917. The molecule has 0 bridgehead atoms. The number of aromatic hydroxyl groups is 1. The standard InChI is InChI=1S/C15H21NO3/c1-9-4-5-13(17)12(8-9)11(3)16-7-6-10(2)14(16)15(18)19/h4-5,8,10-11,14,17H,6-7H2,1-3H3,(H,18,19). The first-order valence-corrected chi connectivity index (χ1v) is 6.70. The number of phenolic OH excluding ortho intramolecular Hbond substituents is 1. The summed E-state index contributed by atoms with van der Waals surface area (Å²) in [6, 6.07) is 4.91. The molecule has 0 amide bonds. The zero-order valence-electron chi connectivity index (χ0n) is 11.6. The van der Waals surface area contributed by atoms with E-state index in [9.17, 15) is 15.0 Å². The molecule has 19 heavy (non-hydrogen) atoms. The molecule has 4 nitrogen and oxygen atoms in total. The molecule has 0 aliphatic carbocycles. The highest BCUT2D eigenvalue weighted by Crippen LogP contribution is 2.36. The lowest BCUT2D eigenvalue weighted by Crippen LogP contribution is -2.40. The Morgan fingerprint density at radius 1 is 1.47 bits per heavy atom. The van der Waals surface area contributed by atoms with E-state index in [4.69, 9.17) is 0 Å². The minimum Gasteiger partial charge on any atom is -0.508 e. The van der Waals surface area contributed by atoms with E-state index in [0.29, 0.717) is 0 Å². The van der Waals surface area contributed by atoms with Gasteiger partial charge < -0.3 is 10.2 Å². The van der Waals surface area contributed by atoms with E-state index in [-0.39, 0.29) is 17.7 Å². The van der Waals surface area contributed by atoms with Gasteiger partial charge in [-0.15, -0.1) is 0 Å². The summed E-state index contributed by atoms with van der Waals surface area (Å²) in [7, 11) is 0. The number of hydrogen-bond donors (Lipinski definition) is 2. The van der Waals surface area contributed by atoms with Crippen molar-refractivity contribution in [1.29, 1.82) is 0 Å². The maximum atomic E-state index is 11.4. The van der Waals surface area contributed by atoms with Crippen molar-refractivity contribution in [2.45, 2.75) is 39.3 Å². The van der Waals surface area contributed by atoms with Gasteiger partial charge in [0.1, 0.15) is 11.8 Å². The first-order chi connectivity index (χ1) is 8.91. The highest BCUT2D eigenvalue weighted by molar-refractivity contribution is 5.74. The molecule has 0 radical (unpaired) electrons. The van der Waals surface area contributed by atoms with Gasteiger partial charge >= 0.3 is 5.97 Å². The maximum Gasteiger partial charge on any atom is 0.321 e. The SMILES string of the molecule is Cc1ccc(O)c(C(C)N2CCC(C)C2C(=O)O)c1. The van der Waals surface area contributed by atoms with Crippen molar-refractivity contribution in [1.82, 2.24) is 4.90 Å². The van der Waals surface area contributed by atoms with Gasteiger partial charge in [-0.1, -0.05) is 24.6 Å². The van der Waals surface area contributed by atoms with Gasteiger partial charge in [0.15, 0.2) is 0 Å². The highest BCUT2D eigenvalue weighted by Gasteiger charge is 2.39. The summed E-state index contributed by atoms with van der Waals surface area (Å²) in [5, 5.41) is 19.4. The van der Waals surface area contributed by atoms with E-state index < -0.39 is 12.0 Å². The van der Waals surface area contributed by atoms with Crippen molar-refractivity contribution in [2.75, 3.05) is 6.54 Å². The average molecular weight is 263 g/mol. The van der Waals surface area contributed by atoms with E-state index in [1.54, 1.807) is 6.07 Å². The number of benzene rings is 1. The largest absolute Gasteiger partial charge is 0.508 e. The number of rotatable bonds is 3. The van der Waals surface area contributed by atoms with Crippen molar-refractivity contribution < 1.29 is 15.0 Å². The summed E-state index contributed by atoms with van der Waals surface area (Å²) in [6.07, 6.45) is 0.883. The molecule has 2 N–H and O–H groups in total. The Morgan fingerprint density at radius 3 is 2.79 bits per heavy atom. The van der Waals surface area contributed by atoms with Crippen molar-refractivity contribution in [3.05, 3.63) is 29.3 Å². The van der Waals surface area contributed by atoms with Gasteiger partial charge in [0.2, 0.25) is 0 Å². The lowest BCUT2D eigenvalue weighted by molar-refractivity contribution is -0.144. The Hall–Kier alpha value is -1.55. The summed E-state index contributed by atoms with van der Waals surface area (Å²) < 4.78 is 0. The molecule has 4 heteroatoms. The van der Waals surface area contributed by atoms with E-state index in [0.717, 1.165) is 24.1 Å². The number of carboxylic acids is 1. The highest BCUT2D eigenvalue weighted by atomic mass is 16.4. The second-order valence-corrected chi connectivity index (χ2v) is 5.53. The molecular weight excluding hydrogens is 242 g/mol. The van der Waals surface area contributed by atoms with Gasteiger partial charge in [0, 0.05) is 11.6 Å². The number of aliphatic carboxylic acids is 1. The topological polar surface area (TPSA) is 60.8 Å². The number of aryl methyl sites for hydroxylation is 1. The maximum absolute atomic E-state index is 11.4. The van der Waals surface area contributed by atoms with Crippen LogP contribution in [0, 0.1) is 12.8 Å². The molecule has 0 saturated carbocycles. The van der Waals surface area contributed by atoms with Gasteiger partial charge in [-0.2, -0.15) is 0 Å². The van der Waals surface area contributed by atoms with Crippen LogP contribution in [0.4, 0.5) is 0 Å². The number of phenols is 1. The zero-order chi connectivity index (χ0) is 14.2. The molecule has 1 fully saturated rings. The summed E-state index contributed by atoms with van der Waals surface area (Å²) in [6.45, 7) is 6.66. The van der Waals surface area contributed by atoms with Crippen LogP contribution >= 0.6 is 0 Å². The second-order valence-electron chi connectivity index (χ2n) is 5.53. The number of likely N-dealkylation sites (tertiary alicyclic amines) is 1. The fourth-order valence-corrected chi connectivity index (χ4v) is 2.98. The molecular formula is C15H21NO3.